The third-order valence-electron chi connectivity index (χ3n) is 5.33. The number of primary amides is 1. The van der Waals surface area contributed by atoms with Gasteiger partial charge in [-0.25, -0.2) is 4.39 Å². The number of nitrogens with two attached hydrogens (primary N) is 1. The molecule has 144 valence electrons. The van der Waals surface area contributed by atoms with Gasteiger partial charge in [0.2, 0.25) is 5.91 Å². The second-order valence-electron chi connectivity index (χ2n) is 6.89. The van der Waals surface area contributed by atoms with E-state index in [1.54, 1.807) is 12.1 Å². The minimum Gasteiger partial charge on any atom is -0.490 e. The first kappa shape index (κ1) is 19.2. The molecule has 2 aliphatic rings. The van der Waals surface area contributed by atoms with Crippen LogP contribution < -0.4 is 15.4 Å². The highest BCUT2D eigenvalue weighted by Crippen LogP contribution is 2.36. The van der Waals surface area contributed by atoms with Crippen molar-refractivity contribution in [2.45, 2.75) is 50.4 Å². The molecule has 2 fully saturated rings. The second-order valence-corrected chi connectivity index (χ2v) is 6.89. The number of amides is 2. The molecule has 2 N–H and O–H groups in total. The third kappa shape index (κ3) is 3.62. The van der Waals surface area contributed by atoms with Gasteiger partial charge in [0.1, 0.15) is 18.0 Å². The monoisotopic (exact) mass is 374 g/mol. The average molecular weight is 374 g/mol. The highest BCUT2D eigenvalue weighted by Gasteiger charge is 2.47. The van der Waals surface area contributed by atoms with E-state index in [1.807, 2.05) is 0 Å². The zero-order valence-corrected chi connectivity index (χ0v) is 15.1. The van der Waals surface area contributed by atoms with Gasteiger partial charge in [-0.2, -0.15) is 0 Å². The number of carbonyl (C=O) groups is 2. The minimum absolute atomic E-state index is 0.0945. The predicted octanol–water partition coefficient (Wildman–Crippen LogP) is 2.09. The lowest BCUT2D eigenvalue weighted by Gasteiger charge is -2.43. The standard InChI is InChI=1S/C20H23FN2O4/c1-2-18(24)23(20(19(22)25)8-10-26-11-9-20)15-6-7-17(14(12-15)13-21)27-16-4-3-5-16/h1,6-7,12,16H,3-5,8-11,13H2,(H2,22,25). The number of halogens is 1. The fourth-order valence-corrected chi connectivity index (χ4v) is 3.51. The van der Waals surface area contributed by atoms with Crippen LogP contribution in [0.25, 0.3) is 0 Å². The summed E-state index contributed by atoms with van der Waals surface area (Å²) in [7, 11) is 0. The maximum absolute atomic E-state index is 13.6. The number of alkyl halides is 1. The van der Waals surface area contributed by atoms with E-state index in [-0.39, 0.29) is 32.2 Å². The summed E-state index contributed by atoms with van der Waals surface area (Å²) in [5.74, 6) is 1.14. The van der Waals surface area contributed by atoms with Crippen LogP contribution in [0, 0.1) is 12.3 Å². The topological polar surface area (TPSA) is 81.9 Å². The molecular formula is C20H23FN2O4. The summed E-state index contributed by atoms with van der Waals surface area (Å²) in [4.78, 5) is 26.1. The molecule has 3 rings (SSSR count). The number of benzene rings is 1. The Hall–Kier alpha value is -2.59. The van der Waals surface area contributed by atoms with Crippen molar-refractivity contribution in [3.63, 3.8) is 0 Å². The number of ether oxygens (including phenoxy) is 2. The summed E-state index contributed by atoms with van der Waals surface area (Å²) in [6.45, 7) is -0.215. The van der Waals surface area contributed by atoms with Crippen molar-refractivity contribution in [2.24, 2.45) is 5.73 Å². The number of terminal acetylenes is 1. The molecule has 1 saturated heterocycles. The molecule has 0 bridgehead atoms. The molecule has 1 aliphatic heterocycles. The predicted molar refractivity (Wildman–Crippen MR) is 97.8 cm³/mol. The molecule has 1 heterocycles. The SMILES string of the molecule is C#CC(=O)N(c1ccc(OC2CCC2)c(CF)c1)C1(C(N)=O)CCOCC1. The molecule has 7 heteroatoms. The molecule has 27 heavy (non-hydrogen) atoms. The lowest BCUT2D eigenvalue weighted by molar-refractivity contribution is -0.130. The Bertz CT molecular complexity index is 764. The average Bonchev–Trinajstić information content (AvgIpc) is 2.65. The van der Waals surface area contributed by atoms with Crippen molar-refractivity contribution in [3.05, 3.63) is 23.8 Å². The first-order chi connectivity index (χ1) is 13.0. The molecule has 6 nitrogen and oxygen atoms in total. The fourth-order valence-electron chi connectivity index (χ4n) is 3.51. The molecule has 0 unspecified atom stereocenters. The van der Waals surface area contributed by atoms with Crippen molar-refractivity contribution in [1.82, 2.24) is 0 Å². The van der Waals surface area contributed by atoms with Crippen LogP contribution in [0.3, 0.4) is 0 Å². The summed E-state index contributed by atoms with van der Waals surface area (Å²) in [5.41, 5.74) is 5.00. The third-order valence-corrected chi connectivity index (χ3v) is 5.33. The van der Waals surface area contributed by atoms with Crippen molar-refractivity contribution in [3.8, 4) is 18.1 Å². The highest BCUT2D eigenvalue weighted by molar-refractivity contribution is 6.11. The zero-order valence-electron chi connectivity index (χ0n) is 15.1. The Morgan fingerprint density at radius 1 is 1.37 bits per heavy atom. The Morgan fingerprint density at radius 3 is 2.59 bits per heavy atom. The summed E-state index contributed by atoms with van der Waals surface area (Å²) in [6, 6.07) is 4.74. The molecule has 1 aromatic rings. The molecule has 0 radical (unpaired) electrons. The smallest absolute Gasteiger partial charge is 0.303 e. The molecule has 1 aromatic carbocycles. The quantitative estimate of drug-likeness (QED) is 0.773. The van der Waals surface area contributed by atoms with Gasteiger partial charge < -0.3 is 15.2 Å². The van der Waals surface area contributed by atoms with Gasteiger partial charge in [-0.1, -0.05) is 0 Å². The molecule has 0 spiro atoms. The molecule has 0 atom stereocenters. The number of nitrogens with zero attached hydrogens (tertiary/aromatic N) is 1. The van der Waals surface area contributed by atoms with Crippen molar-refractivity contribution in [1.29, 1.82) is 0 Å². The van der Waals surface area contributed by atoms with Crippen LogP contribution in [0.2, 0.25) is 0 Å². The lowest BCUT2D eigenvalue weighted by Crippen LogP contribution is -2.62. The highest BCUT2D eigenvalue weighted by atomic mass is 19.1. The molecular weight excluding hydrogens is 351 g/mol. The largest absolute Gasteiger partial charge is 0.490 e. The van der Waals surface area contributed by atoms with Gasteiger partial charge in [-0.05, 0) is 43.4 Å². The van der Waals surface area contributed by atoms with Crippen molar-refractivity contribution in [2.75, 3.05) is 18.1 Å². The van der Waals surface area contributed by atoms with Crippen LogP contribution in [0.15, 0.2) is 18.2 Å². The van der Waals surface area contributed by atoms with Crippen LogP contribution in [0.5, 0.6) is 5.75 Å². The number of hydrogen-bond acceptors (Lipinski definition) is 4. The van der Waals surface area contributed by atoms with E-state index in [2.05, 4.69) is 5.92 Å². The lowest BCUT2D eigenvalue weighted by atomic mass is 9.86. The van der Waals surface area contributed by atoms with Gasteiger partial charge in [0.15, 0.2) is 0 Å². The van der Waals surface area contributed by atoms with Crippen LogP contribution >= 0.6 is 0 Å². The van der Waals surface area contributed by atoms with Crippen LogP contribution in [0.1, 0.15) is 37.7 Å². The van der Waals surface area contributed by atoms with E-state index in [9.17, 15) is 14.0 Å². The Labute approximate surface area is 157 Å². The molecule has 1 aliphatic carbocycles. The molecule has 2 amide bonds. The first-order valence-corrected chi connectivity index (χ1v) is 9.06. The second kappa shape index (κ2) is 7.97. The van der Waals surface area contributed by atoms with Crippen molar-refractivity contribution < 1.29 is 23.5 Å². The summed E-state index contributed by atoms with van der Waals surface area (Å²) in [5, 5.41) is 0. The first-order valence-electron chi connectivity index (χ1n) is 9.06. The molecule has 1 saturated carbocycles. The van der Waals surface area contributed by atoms with Gasteiger partial charge in [-0.15, -0.1) is 6.42 Å². The minimum atomic E-state index is -1.30. The summed E-state index contributed by atoms with van der Waals surface area (Å²) < 4.78 is 24.8. The zero-order chi connectivity index (χ0) is 19.4. The van der Waals surface area contributed by atoms with Crippen LogP contribution in [-0.4, -0.2) is 36.7 Å². The van der Waals surface area contributed by atoms with Gasteiger partial charge in [-0.3, -0.25) is 14.5 Å². The number of anilines is 1. The van der Waals surface area contributed by atoms with Gasteiger partial charge in [0.05, 0.1) is 6.10 Å². The maximum atomic E-state index is 13.6. The Kier molecular flexibility index (Phi) is 5.66. The van der Waals surface area contributed by atoms with E-state index >= 15 is 0 Å². The summed E-state index contributed by atoms with van der Waals surface area (Å²) in [6.07, 6.45) is 8.87. The number of hydrogen-bond donors (Lipinski definition) is 1. The van der Waals surface area contributed by atoms with E-state index in [0.29, 0.717) is 17.0 Å². The van der Waals surface area contributed by atoms with Gasteiger partial charge >= 0.3 is 5.91 Å². The van der Waals surface area contributed by atoms with E-state index < -0.39 is 24.0 Å². The number of carbonyl (C=O) groups excluding carboxylic acids is 2. The maximum Gasteiger partial charge on any atom is 0.303 e. The molecule has 0 aromatic heterocycles. The Morgan fingerprint density at radius 2 is 2.07 bits per heavy atom. The van der Waals surface area contributed by atoms with Crippen LogP contribution in [-0.2, 0) is 21.0 Å². The van der Waals surface area contributed by atoms with Crippen molar-refractivity contribution >= 4 is 17.5 Å². The Balaban J connectivity index is 2.01. The van der Waals surface area contributed by atoms with Gasteiger partial charge in [0.25, 0.3) is 0 Å². The van der Waals surface area contributed by atoms with Crippen LogP contribution in [0.4, 0.5) is 10.1 Å². The van der Waals surface area contributed by atoms with E-state index in [0.717, 1.165) is 19.3 Å². The van der Waals surface area contributed by atoms with E-state index in [1.165, 1.54) is 11.0 Å². The normalized spacial score (nSPS) is 18.8. The summed E-state index contributed by atoms with van der Waals surface area (Å²) >= 11 is 0. The fraction of sp³-hybridized carbons (Fsp3) is 0.500. The van der Waals surface area contributed by atoms with Gasteiger partial charge in [0, 0.05) is 37.3 Å². The van der Waals surface area contributed by atoms with E-state index in [4.69, 9.17) is 21.6 Å². The number of rotatable bonds is 6.